The Balaban J connectivity index is 0.903. The van der Waals surface area contributed by atoms with E-state index in [0.717, 1.165) is 16.7 Å². The van der Waals surface area contributed by atoms with Crippen molar-refractivity contribution in [2.75, 3.05) is 0 Å². The standard InChI is InChI=1S/C65H43N3S/c1-37-34-42(27-29-44(37)38-14-3-2-4-15-38)64-66-63(67-65(68-64)43-28-30-50-49-23-11-12-25-55(49)69-56(50)36-43)41-18-13-17-40(35-41)57-60-53-31-26-39-16-5-6-19-45(39)58(53)54-33-32-52-48-22-8-7-20-46(48)47-21-9-10-24-51(47)59(52)61(54)62(57)60/h2-37,44,57,60,62H,1H3. The van der Waals surface area contributed by atoms with Crippen molar-refractivity contribution in [3.8, 4) is 33.9 Å². The van der Waals surface area contributed by atoms with Gasteiger partial charge in [-0.25, -0.2) is 15.0 Å². The molecular formula is C65H43N3S. The third-order valence-corrected chi connectivity index (χ3v) is 16.8. The first-order chi connectivity index (χ1) is 34.1. The van der Waals surface area contributed by atoms with Crippen molar-refractivity contribution in [3.63, 3.8) is 0 Å². The van der Waals surface area contributed by atoms with Gasteiger partial charge in [-0.1, -0.05) is 201 Å². The van der Waals surface area contributed by atoms with Crippen LogP contribution in [0.15, 0.2) is 212 Å². The zero-order chi connectivity index (χ0) is 45.3. The van der Waals surface area contributed by atoms with Crippen molar-refractivity contribution in [1.29, 1.82) is 0 Å². The molecule has 5 unspecified atom stereocenters. The summed E-state index contributed by atoms with van der Waals surface area (Å²) in [4.78, 5) is 16.0. The van der Waals surface area contributed by atoms with E-state index >= 15 is 0 Å². The fourth-order valence-electron chi connectivity index (χ4n) is 12.5. The maximum atomic E-state index is 5.36. The second-order valence-electron chi connectivity index (χ2n) is 19.4. The van der Waals surface area contributed by atoms with Gasteiger partial charge in [-0.05, 0) is 112 Å². The van der Waals surface area contributed by atoms with E-state index < -0.39 is 0 Å². The molecule has 324 valence electrons. The summed E-state index contributed by atoms with van der Waals surface area (Å²) in [7, 11) is 0. The van der Waals surface area contributed by atoms with E-state index in [-0.39, 0.29) is 17.8 Å². The highest BCUT2D eigenvalue weighted by molar-refractivity contribution is 7.25. The predicted molar refractivity (Wildman–Crippen MR) is 289 cm³/mol. The van der Waals surface area contributed by atoms with E-state index in [0.29, 0.717) is 29.3 Å². The Morgan fingerprint density at radius 2 is 1.06 bits per heavy atom. The van der Waals surface area contributed by atoms with Gasteiger partial charge in [0.05, 0.1) is 0 Å². The van der Waals surface area contributed by atoms with Crippen LogP contribution in [-0.2, 0) is 0 Å². The summed E-state index contributed by atoms with van der Waals surface area (Å²) < 4.78 is 2.51. The molecule has 1 saturated carbocycles. The minimum atomic E-state index is 0.265. The quantitative estimate of drug-likeness (QED) is 0.162. The average Bonchev–Trinajstić information content (AvgIpc) is 4.06. The summed E-state index contributed by atoms with van der Waals surface area (Å²) in [6, 6.07) is 71.9. The van der Waals surface area contributed by atoms with Crippen LogP contribution in [0.4, 0.5) is 0 Å². The van der Waals surface area contributed by atoms with Gasteiger partial charge >= 0.3 is 0 Å². The van der Waals surface area contributed by atoms with Crippen LogP contribution in [0, 0.1) is 5.92 Å². The van der Waals surface area contributed by atoms with Crippen LogP contribution in [0.1, 0.15) is 58.7 Å². The van der Waals surface area contributed by atoms with E-state index in [1.165, 1.54) is 96.6 Å². The molecule has 1 fully saturated rings. The SMILES string of the molecule is CC1C=C(c2nc(-c3cccc(C4C5c6ccc7ccccc7c6-c6ccc7c8ccccc8c8ccccc8c7c6C45)c3)nc(-c3ccc4c(c3)sc3ccccc34)n2)C=CC1c1ccccc1. The van der Waals surface area contributed by atoms with Crippen LogP contribution in [0.2, 0.25) is 0 Å². The molecule has 0 radical (unpaired) electrons. The first-order valence-corrected chi connectivity index (χ1v) is 25.1. The van der Waals surface area contributed by atoms with Gasteiger partial charge in [0.1, 0.15) is 0 Å². The molecule has 0 N–H and O–H groups in total. The summed E-state index contributed by atoms with van der Waals surface area (Å²) >= 11 is 1.82. The molecule has 0 amide bonds. The second kappa shape index (κ2) is 15.0. The highest BCUT2D eigenvalue weighted by Crippen LogP contribution is 2.73. The van der Waals surface area contributed by atoms with Gasteiger partial charge in [0.15, 0.2) is 17.5 Å². The number of nitrogens with zero attached hydrogens (tertiary/aromatic N) is 3. The third-order valence-electron chi connectivity index (χ3n) is 15.6. The monoisotopic (exact) mass is 897 g/mol. The first-order valence-electron chi connectivity index (χ1n) is 24.2. The number of hydrogen-bond acceptors (Lipinski definition) is 4. The maximum absolute atomic E-state index is 5.36. The molecule has 2 heterocycles. The number of hydrogen-bond donors (Lipinski definition) is 0. The molecule has 0 bridgehead atoms. The molecule has 3 aliphatic carbocycles. The van der Waals surface area contributed by atoms with E-state index in [4.69, 9.17) is 15.0 Å². The lowest BCUT2D eigenvalue weighted by Gasteiger charge is -2.24. The number of benzene rings is 10. The highest BCUT2D eigenvalue weighted by atomic mass is 32.1. The molecule has 0 aliphatic heterocycles. The van der Waals surface area contributed by atoms with Crippen molar-refractivity contribution >= 4 is 80.2 Å². The topological polar surface area (TPSA) is 38.7 Å². The van der Waals surface area contributed by atoms with E-state index in [1.807, 2.05) is 11.3 Å². The van der Waals surface area contributed by atoms with Gasteiger partial charge in [-0.15, -0.1) is 11.3 Å². The molecule has 15 rings (SSSR count). The lowest BCUT2D eigenvalue weighted by molar-refractivity contribution is 0.637. The second-order valence-corrected chi connectivity index (χ2v) is 20.5. The smallest absolute Gasteiger partial charge is 0.164 e. The minimum Gasteiger partial charge on any atom is -0.208 e. The van der Waals surface area contributed by atoms with Gasteiger partial charge < -0.3 is 0 Å². The Labute approximate surface area is 403 Å². The summed E-state index contributed by atoms with van der Waals surface area (Å²) in [5.74, 6) is 3.55. The molecule has 3 aliphatic rings. The molecule has 12 aromatic rings. The lowest BCUT2D eigenvalue weighted by Crippen LogP contribution is -2.11. The predicted octanol–water partition coefficient (Wildman–Crippen LogP) is 17.2. The number of rotatable bonds is 5. The average molecular weight is 898 g/mol. The number of aromatic nitrogens is 3. The zero-order valence-electron chi connectivity index (χ0n) is 37.8. The fraction of sp³-hybridized carbons (Fsp3) is 0.0923. The Hall–Kier alpha value is -8.05. The largest absolute Gasteiger partial charge is 0.208 e. The van der Waals surface area contributed by atoms with Crippen LogP contribution in [0.3, 0.4) is 0 Å². The van der Waals surface area contributed by atoms with E-state index in [2.05, 4.69) is 219 Å². The third kappa shape index (κ3) is 5.95. The van der Waals surface area contributed by atoms with E-state index in [1.54, 1.807) is 0 Å². The number of thiophene rings is 1. The first kappa shape index (κ1) is 39.0. The van der Waals surface area contributed by atoms with Gasteiger partial charge in [0.2, 0.25) is 0 Å². The van der Waals surface area contributed by atoms with Crippen molar-refractivity contribution in [2.24, 2.45) is 5.92 Å². The van der Waals surface area contributed by atoms with Crippen LogP contribution >= 0.6 is 11.3 Å². The zero-order valence-corrected chi connectivity index (χ0v) is 38.7. The van der Waals surface area contributed by atoms with Crippen LogP contribution in [-0.4, -0.2) is 15.0 Å². The van der Waals surface area contributed by atoms with Crippen LogP contribution < -0.4 is 0 Å². The summed E-state index contributed by atoms with van der Waals surface area (Å²) in [5, 5.41) is 13.2. The highest BCUT2D eigenvalue weighted by Gasteiger charge is 2.57. The van der Waals surface area contributed by atoms with E-state index in [9.17, 15) is 0 Å². The maximum Gasteiger partial charge on any atom is 0.164 e. The molecule has 5 atom stereocenters. The summed E-state index contributed by atoms with van der Waals surface area (Å²) in [6.45, 7) is 2.30. The number of fused-ring (bicyclic) bond motifs is 18. The molecule has 3 nitrogen and oxygen atoms in total. The molecule has 10 aromatic carbocycles. The minimum absolute atomic E-state index is 0.265. The van der Waals surface area contributed by atoms with Crippen molar-refractivity contribution in [2.45, 2.75) is 30.6 Å². The van der Waals surface area contributed by atoms with Gasteiger partial charge in [-0.3, -0.25) is 0 Å². The molecule has 4 heteroatoms. The Kier molecular flexibility index (Phi) is 8.46. The Morgan fingerprint density at radius 1 is 0.435 bits per heavy atom. The Morgan fingerprint density at radius 3 is 1.86 bits per heavy atom. The molecule has 69 heavy (non-hydrogen) atoms. The fourth-order valence-corrected chi connectivity index (χ4v) is 13.6. The van der Waals surface area contributed by atoms with Crippen LogP contribution in [0.5, 0.6) is 0 Å². The van der Waals surface area contributed by atoms with Crippen LogP contribution in [0.25, 0.3) is 103 Å². The normalized spacial score (nSPS) is 19.3. The molecular weight excluding hydrogens is 855 g/mol. The summed E-state index contributed by atoms with van der Waals surface area (Å²) in [5.41, 5.74) is 11.4. The lowest BCUT2D eigenvalue weighted by atomic mass is 9.79. The molecule has 0 spiro atoms. The Bertz CT molecular complexity index is 4160. The van der Waals surface area contributed by atoms with Crippen molar-refractivity contribution in [1.82, 2.24) is 15.0 Å². The molecule has 0 saturated heterocycles. The van der Waals surface area contributed by atoms with Gasteiger partial charge in [0.25, 0.3) is 0 Å². The molecule has 2 aromatic heterocycles. The van der Waals surface area contributed by atoms with Gasteiger partial charge in [0, 0.05) is 48.7 Å². The number of allylic oxidation sites excluding steroid dienone is 4. The van der Waals surface area contributed by atoms with Crippen molar-refractivity contribution < 1.29 is 0 Å². The van der Waals surface area contributed by atoms with Gasteiger partial charge in [-0.2, -0.15) is 0 Å². The summed E-state index contributed by atoms with van der Waals surface area (Å²) in [6.07, 6.45) is 6.89. The van der Waals surface area contributed by atoms with Crippen molar-refractivity contribution in [3.05, 3.63) is 240 Å².